The van der Waals surface area contributed by atoms with Gasteiger partial charge in [-0.05, 0) is 130 Å². The van der Waals surface area contributed by atoms with Crippen molar-refractivity contribution in [2.75, 3.05) is 26.4 Å². The van der Waals surface area contributed by atoms with E-state index in [0.29, 0.717) is 26.4 Å². The highest BCUT2D eigenvalue weighted by Crippen LogP contribution is 2.44. The molecule has 48 heavy (non-hydrogen) atoms. The SMILES string of the molecule is CC(C)C(C)C(C)C.CC1C(C)C(C)C1C.CC1CC(C)CC(C)C1.CC1CCC(C)C(C)C1.CCOC(OCC)C(OCC)OCC. The molecule has 4 heteroatoms. The number of hydrogen-bond donors (Lipinski definition) is 0. The van der Waals surface area contributed by atoms with Crippen LogP contribution in [0.1, 0.15) is 170 Å². The maximum atomic E-state index is 5.38. The van der Waals surface area contributed by atoms with E-state index < -0.39 is 12.6 Å². The molecule has 3 saturated carbocycles. The van der Waals surface area contributed by atoms with Crippen molar-refractivity contribution in [1.82, 2.24) is 0 Å². The Bertz CT molecular complexity index is 619. The van der Waals surface area contributed by atoms with Crippen LogP contribution in [0, 0.1) is 76.9 Å². The highest BCUT2D eigenvalue weighted by atomic mass is 16.8. The summed E-state index contributed by atoms with van der Waals surface area (Å²) in [6.45, 7) is 45.2. The Morgan fingerprint density at radius 1 is 0.396 bits per heavy atom. The lowest BCUT2D eigenvalue weighted by molar-refractivity contribution is -0.281. The Morgan fingerprint density at radius 3 is 0.875 bits per heavy atom. The molecule has 0 amide bonds. The maximum absolute atomic E-state index is 5.38. The fourth-order valence-electron chi connectivity index (χ4n) is 7.77. The monoisotopic (exact) mass is 685 g/mol. The summed E-state index contributed by atoms with van der Waals surface area (Å²) in [7, 11) is 0. The van der Waals surface area contributed by atoms with Gasteiger partial charge in [-0.15, -0.1) is 0 Å². The van der Waals surface area contributed by atoms with Gasteiger partial charge < -0.3 is 18.9 Å². The lowest BCUT2D eigenvalue weighted by Crippen LogP contribution is -2.39. The Balaban J connectivity index is 0. The average Bonchev–Trinajstić information content (AvgIpc) is 3.02. The summed E-state index contributed by atoms with van der Waals surface area (Å²) in [5.74, 6) is 12.4. The molecule has 0 aliphatic heterocycles. The fourth-order valence-corrected chi connectivity index (χ4v) is 7.77. The van der Waals surface area contributed by atoms with E-state index in [1.54, 1.807) is 0 Å². The molecule has 0 N–H and O–H groups in total. The minimum atomic E-state index is -0.426. The molecule has 0 radical (unpaired) electrons. The number of ether oxygens (including phenoxy) is 4. The average molecular weight is 685 g/mol. The van der Waals surface area contributed by atoms with Crippen LogP contribution in [0.2, 0.25) is 0 Å². The molecule has 3 aliphatic carbocycles. The molecule has 3 rings (SSSR count). The Hall–Kier alpha value is -0.160. The minimum absolute atomic E-state index is 0.426. The van der Waals surface area contributed by atoms with Crippen LogP contribution in [0.3, 0.4) is 0 Å². The summed E-state index contributed by atoms with van der Waals surface area (Å²) in [6.07, 6.45) is 7.92. The number of hydrogen-bond acceptors (Lipinski definition) is 4. The van der Waals surface area contributed by atoms with Crippen molar-refractivity contribution in [1.29, 1.82) is 0 Å². The first-order chi connectivity index (χ1) is 22.4. The van der Waals surface area contributed by atoms with Gasteiger partial charge in [0.2, 0.25) is 12.6 Å². The van der Waals surface area contributed by atoms with E-state index in [1.165, 1.54) is 38.5 Å². The van der Waals surface area contributed by atoms with Gasteiger partial charge in [0.05, 0.1) is 0 Å². The fraction of sp³-hybridized carbons (Fsp3) is 1.00. The van der Waals surface area contributed by atoms with Gasteiger partial charge in [0.15, 0.2) is 0 Å². The van der Waals surface area contributed by atoms with E-state index in [-0.39, 0.29) is 0 Å². The predicted octanol–water partition coefficient (Wildman–Crippen LogP) is 13.4. The van der Waals surface area contributed by atoms with Crippen LogP contribution in [0.4, 0.5) is 0 Å². The van der Waals surface area contributed by atoms with E-state index in [4.69, 9.17) is 18.9 Å². The third-order valence-electron chi connectivity index (χ3n) is 12.2. The van der Waals surface area contributed by atoms with Crippen LogP contribution in [0.15, 0.2) is 0 Å². The van der Waals surface area contributed by atoms with E-state index in [9.17, 15) is 0 Å². The minimum Gasteiger partial charge on any atom is -0.348 e. The summed E-state index contributed by atoms with van der Waals surface area (Å²) < 4.78 is 21.5. The molecule has 0 heterocycles. The molecule has 0 aromatic heterocycles. The number of rotatable bonds is 11. The van der Waals surface area contributed by atoms with E-state index in [2.05, 4.69) is 104 Å². The topological polar surface area (TPSA) is 36.9 Å². The molecule has 0 spiro atoms. The summed E-state index contributed by atoms with van der Waals surface area (Å²) in [6, 6.07) is 0. The first-order valence-corrected chi connectivity index (χ1v) is 20.8. The van der Waals surface area contributed by atoms with Gasteiger partial charge in [-0.25, -0.2) is 0 Å². The first-order valence-electron chi connectivity index (χ1n) is 20.8. The smallest absolute Gasteiger partial charge is 0.209 e. The van der Waals surface area contributed by atoms with E-state index in [0.717, 1.165) is 76.9 Å². The Morgan fingerprint density at radius 2 is 0.688 bits per heavy atom. The van der Waals surface area contributed by atoms with Gasteiger partial charge in [-0.2, -0.15) is 0 Å². The third kappa shape index (κ3) is 21.9. The van der Waals surface area contributed by atoms with Crippen molar-refractivity contribution in [2.45, 2.75) is 183 Å². The highest BCUT2D eigenvalue weighted by Gasteiger charge is 2.38. The molecular weight excluding hydrogens is 592 g/mol. The second-order valence-corrected chi connectivity index (χ2v) is 17.2. The van der Waals surface area contributed by atoms with Gasteiger partial charge in [0.25, 0.3) is 0 Å². The van der Waals surface area contributed by atoms with Gasteiger partial charge in [0, 0.05) is 26.4 Å². The van der Waals surface area contributed by atoms with Crippen molar-refractivity contribution in [2.24, 2.45) is 76.9 Å². The Kier molecular flexibility index (Phi) is 29.6. The zero-order valence-electron chi connectivity index (χ0n) is 36.4. The lowest BCUT2D eigenvalue weighted by atomic mass is 9.60. The van der Waals surface area contributed by atoms with Gasteiger partial charge >= 0.3 is 0 Å². The van der Waals surface area contributed by atoms with Crippen molar-refractivity contribution < 1.29 is 18.9 Å². The highest BCUT2D eigenvalue weighted by molar-refractivity contribution is 4.86. The van der Waals surface area contributed by atoms with Crippen LogP contribution in [0.5, 0.6) is 0 Å². The lowest BCUT2D eigenvalue weighted by Gasteiger charge is -2.45. The summed E-state index contributed by atoms with van der Waals surface area (Å²) in [4.78, 5) is 0. The van der Waals surface area contributed by atoms with Gasteiger partial charge in [-0.1, -0.05) is 117 Å². The largest absolute Gasteiger partial charge is 0.348 e. The maximum Gasteiger partial charge on any atom is 0.209 e. The molecule has 3 atom stereocenters. The molecule has 3 aliphatic rings. The van der Waals surface area contributed by atoms with Crippen LogP contribution >= 0.6 is 0 Å². The van der Waals surface area contributed by atoms with Crippen LogP contribution in [0.25, 0.3) is 0 Å². The Labute approximate surface area is 304 Å². The molecule has 0 aromatic carbocycles. The molecular formula is C44H92O4. The second kappa shape index (κ2) is 28.4. The van der Waals surface area contributed by atoms with Crippen molar-refractivity contribution in [3.63, 3.8) is 0 Å². The molecule has 3 unspecified atom stereocenters. The zero-order chi connectivity index (χ0) is 37.6. The zero-order valence-corrected chi connectivity index (χ0v) is 36.4. The summed E-state index contributed by atoms with van der Waals surface area (Å²) >= 11 is 0. The molecule has 3 fully saturated rings. The first kappa shape index (κ1) is 50.0. The quantitative estimate of drug-likeness (QED) is 0.203. The standard InChI is InChI=1S/C10H22O4.2C9H18.C8H16.C8H18/c1-5-11-9(12-6-2)10(13-7-3)14-8-4;1-7-4-8(2)6-9(3)5-7;1-7-4-5-8(2)9(3)6-7;1-5-6(2)8(4)7(5)3;1-6(2)8(5)7(3)4/h9-10H,5-8H2,1-4H3;2*7-9H,4-6H2,1-3H3;5-8H,1-4H3;6-8H,1-5H3. The van der Waals surface area contributed by atoms with Crippen LogP contribution in [-0.2, 0) is 18.9 Å². The third-order valence-corrected chi connectivity index (χ3v) is 12.2. The predicted molar refractivity (Wildman–Crippen MR) is 212 cm³/mol. The van der Waals surface area contributed by atoms with Gasteiger partial charge in [-0.3, -0.25) is 0 Å². The van der Waals surface area contributed by atoms with Gasteiger partial charge in [0.1, 0.15) is 0 Å². The normalized spacial score (nSPS) is 31.5. The van der Waals surface area contributed by atoms with Crippen LogP contribution in [-0.4, -0.2) is 39.0 Å². The molecule has 292 valence electrons. The van der Waals surface area contributed by atoms with Crippen molar-refractivity contribution >= 4 is 0 Å². The van der Waals surface area contributed by atoms with Crippen LogP contribution < -0.4 is 0 Å². The van der Waals surface area contributed by atoms with Crippen molar-refractivity contribution in [3.05, 3.63) is 0 Å². The second-order valence-electron chi connectivity index (χ2n) is 17.2. The molecule has 0 aromatic rings. The summed E-state index contributed by atoms with van der Waals surface area (Å²) in [5.41, 5.74) is 0. The molecule has 0 saturated heterocycles. The summed E-state index contributed by atoms with van der Waals surface area (Å²) in [5, 5.41) is 0. The molecule has 0 bridgehead atoms. The molecule has 4 nitrogen and oxygen atoms in total. The van der Waals surface area contributed by atoms with E-state index >= 15 is 0 Å². The van der Waals surface area contributed by atoms with Crippen molar-refractivity contribution in [3.8, 4) is 0 Å². The van der Waals surface area contributed by atoms with E-state index in [1.807, 2.05) is 27.7 Å².